The largest absolute Gasteiger partial charge is 0.486 e. The number of nitrogens with zero attached hydrogens (tertiary/aromatic N) is 3. The third-order valence-corrected chi connectivity index (χ3v) is 4.65. The first-order valence-corrected chi connectivity index (χ1v) is 8.59. The number of rotatable bonds is 5. The molecule has 7 heteroatoms. The lowest BCUT2D eigenvalue weighted by atomic mass is 10.1. The minimum atomic E-state index is -0.0773. The second-order valence-corrected chi connectivity index (χ2v) is 6.53. The highest BCUT2D eigenvalue weighted by atomic mass is 16.6. The number of benzene rings is 1. The summed E-state index contributed by atoms with van der Waals surface area (Å²) in [6.07, 6.45) is 3.75. The first-order chi connectivity index (χ1) is 12.2. The van der Waals surface area contributed by atoms with E-state index in [0.717, 1.165) is 30.2 Å². The zero-order valence-electron chi connectivity index (χ0n) is 14.2. The highest BCUT2D eigenvalue weighted by Crippen LogP contribution is 2.32. The summed E-state index contributed by atoms with van der Waals surface area (Å²) in [4.78, 5) is 14.4. The molecule has 0 radical (unpaired) electrons. The van der Waals surface area contributed by atoms with Gasteiger partial charge in [-0.1, -0.05) is 6.07 Å². The Morgan fingerprint density at radius 2 is 2.12 bits per heavy atom. The Kier molecular flexibility index (Phi) is 4.31. The second kappa shape index (κ2) is 6.76. The van der Waals surface area contributed by atoms with E-state index in [1.54, 1.807) is 6.20 Å². The van der Waals surface area contributed by atoms with E-state index in [4.69, 9.17) is 9.47 Å². The van der Waals surface area contributed by atoms with Gasteiger partial charge in [-0.05, 0) is 30.7 Å². The summed E-state index contributed by atoms with van der Waals surface area (Å²) in [5.74, 6) is 1.54. The number of likely N-dealkylation sites (tertiary alicyclic amines) is 1. The fraction of sp³-hybridized carbons (Fsp3) is 0.444. The summed E-state index contributed by atoms with van der Waals surface area (Å²) >= 11 is 0. The van der Waals surface area contributed by atoms with Gasteiger partial charge in [0.05, 0.1) is 18.6 Å². The van der Waals surface area contributed by atoms with Crippen molar-refractivity contribution in [2.75, 3.05) is 32.8 Å². The monoisotopic (exact) mass is 342 g/mol. The highest BCUT2D eigenvalue weighted by Gasteiger charge is 2.30. The van der Waals surface area contributed by atoms with Crippen LogP contribution in [0.1, 0.15) is 24.6 Å². The molecule has 4 rings (SSSR count). The van der Waals surface area contributed by atoms with Crippen molar-refractivity contribution >= 4 is 5.91 Å². The van der Waals surface area contributed by atoms with Crippen LogP contribution >= 0.6 is 0 Å². The molecule has 0 unspecified atom stereocenters. The molecule has 0 aliphatic carbocycles. The Hall–Kier alpha value is -2.54. The van der Waals surface area contributed by atoms with Crippen LogP contribution in [-0.2, 0) is 4.79 Å². The first-order valence-electron chi connectivity index (χ1n) is 8.59. The van der Waals surface area contributed by atoms with Crippen molar-refractivity contribution in [2.24, 2.45) is 0 Å². The van der Waals surface area contributed by atoms with Gasteiger partial charge in [-0.15, -0.1) is 0 Å². The van der Waals surface area contributed by atoms with Crippen LogP contribution in [0.2, 0.25) is 0 Å². The third-order valence-electron chi connectivity index (χ3n) is 4.65. The normalized spacial score (nSPS) is 18.4. The van der Waals surface area contributed by atoms with E-state index in [1.807, 2.05) is 42.1 Å². The van der Waals surface area contributed by atoms with Gasteiger partial charge in [0, 0.05) is 25.5 Å². The zero-order valence-corrected chi connectivity index (χ0v) is 14.2. The number of carbonyl (C=O) groups excluding carboxylic acids is 1. The van der Waals surface area contributed by atoms with Crippen LogP contribution in [0.4, 0.5) is 0 Å². The lowest BCUT2D eigenvalue weighted by Gasteiger charge is -2.38. The maximum absolute atomic E-state index is 12.3. The average Bonchev–Trinajstić information content (AvgIpc) is 3.11. The van der Waals surface area contributed by atoms with Gasteiger partial charge in [-0.2, -0.15) is 5.10 Å². The fourth-order valence-corrected chi connectivity index (χ4v) is 3.24. The minimum absolute atomic E-state index is 0.0290. The quantitative estimate of drug-likeness (QED) is 0.889. The van der Waals surface area contributed by atoms with E-state index in [0.29, 0.717) is 25.8 Å². The van der Waals surface area contributed by atoms with E-state index in [9.17, 15) is 4.79 Å². The van der Waals surface area contributed by atoms with Crippen molar-refractivity contribution in [3.8, 4) is 11.5 Å². The summed E-state index contributed by atoms with van der Waals surface area (Å²) in [5, 5.41) is 7.29. The van der Waals surface area contributed by atoms with Gasteiger partial charge >= 0.3 is 0 Å². The van der Waals surface area contributed by atoms with Gasteiger partial charge in [0.2, 0.25) is 5.91 Å². The van der Waals surface area contributed by atoms with Crippen LogP contribution in [0.3, 0.4) is 0 Å². The van der Waals surface area contributed by atoms with Gasteiger partial charge in [0.1, 0.15) is 13.2 Å². The Morgan fingerprint density at radius 1 is 1.32 bits per heavy atom. The molecule has 0 spiro atoms. The molecule has 2 aliphatic rings. The summed E-state index contributed by atoms with van der Waals surface area (Å²) < 4.78 is 13.1. The predicted molar refractivity (Wildman–Crippen MR) is 91.7 cm³/mol. The fourth-order valence-electron chi connectivity index (χ4n) is 3.24. The molecular weight excluding hydrogens is 320 g/mol. The molecule has 1 amide bonds. The molecule has 132 valence electrons. The van der Waals surface area contributed by atoms with Crippen LogP contribution < -0.4 is 14.8 Å². The van der Waals surface area contributed by atoms with E-state index < -0.39 is 0 Å². The van der Waals surface area contributed by atoms with Gasteiger partial charge in [-0.25, -0.2) is 0 Å². The lowest BCUT2D eigenvalue weighted by molar-refractivity contribution is -0.124. The Bertz CT molecular complexity index is 741. The maximum Gasteiger partial charge on any atom is 0.234 e. The van der Waals surface area contributed by atoms with Crippen molar-refractivity contribution in [1.29, 1.82) is 0 Å². The number of nitrogens with one attached hydrogen (secondary N) is 1. The number of hydrogen-bond donors (Lipinski definition) is 1. The zero-order chi connectivity index (χ0) is 17.2. The Labute approximate surface area is 146 Å². The molecule has 1 N–H and O–H groups in total. The van der Waals surface area contributed by atoms with E-state index >= 15 is 0 Å². The standard InChI is InChI=1S/C18H22N4O3/c1-13(14-3-4-16-17(9-14)25-8-7-24-16)20-18(23)12-21-10-15(11-21)22-6-2-5-19-22/h2-6,9,13,15H,7-8,10-12H2,1H3,(H,20,23)/t13-/m0/s1. The molecule has 2 aliphatic heterocycles. The first kappa shape index (κ1) is 16.0. The van der Waals surface area contributed by atoms with Gasteiger partial charge in [-0.3, -0.25) is 14.4 Å². The Morgan fingerprint density at radius 3 is 2.88 bits per heavy atom. The number of hydrogen-bond acceptors (Lipinski definition) is 5. The molecule has 0 saturated carbocycles. The molecule has 1 aromatic carbocycles. The van der Waals surface area contributed by atoms with Gasteiger partial charge < -0.3 is 14.8 Å². The maximum atomic E-state index is 12.3. The van der Waals surface area contributed by atoms with Crippen molar-refractivity contribution in [1.82, 2.24) is 20.0 Å². The van der Waals surface area contributed by atoms with Crippen molar-refractivity contribution in [3.05, 3.63) is 42.2 Å². The van der Waals surface area contributed by atoms with Gasteiger partial charge in [0.25, 0.3) is 0 Å². The molecule has 1 atom stereocenters. The number of amides is 1. The molecule has 3 heterocycles. The lowest BCUT2D eigenvalue weighted by Crippen LogP contribution is -2.51. The van der Waals surface area contributed by atoms with Crippen molar-refractivity contribution in [2.45, 2.75) is 19.0 Å². The molecule has 1 aromatic heterocycles. The smallest absolute Gasteiger partial charge is 0.234 e. The topological polar surface area (TPSA) is 68.6 Å². The van der Waals surface area contributed by atoms with Crippen LogP contribution in [-0.4, -0.2) is 53.4 Å². The SMILES string of the molecule is C[C@H](NC(=O)CN1CC(n2cccn2)C1)c1ccc2c(c1)OCCO2. The number of carbonyl (C=O) groups is 1. The summed E-state index contributed by atoms with van der Waals surface area (Å²) in [5.41, 5.74) is 1.01. The number of ether oxygens (including phenoxy) is 2. The molecule has 1 saturated heterocycles. The van der Waals surface area contributed by atoms with Gasteiger partial charge in [0.15, 0.2) is 11.5 Å². The summed E-state index contributed by atoms with van der Waals surface area (Å²) in [6.45, 7) is 5.23. The Balaban J connectivity index is 1.28. The summed E-state index contributed by atoms with van der Waals surface area (Å²) in [6, 6.07) is 8.03. The van der Waals surface area contributed by atoms with Crippen LogP contribution in [0.25, 0.3) is 0 Å². The van der Waals surface area contributed by atoms with E-state index in [2.05, 4.69) is 15.3 Å². The van der Waals surface area contributed by atoms with Crippen molar-refractivity contribution in [3.63, 3.8) is 0 Å². The number of aromatic nitrogens is 2. The molecule has 0 bridgehead atoms. The molecule has 1 fully saturated rings. The third kappa shape index (κ3) is 3.46. The highest BCUT2D eigenvalue weighted by molar-refractivity contribution is 5.78. The minimum Gasteiger partial charge on any atom is -0.486 e. The van der Waals surface area contributed by atoms with Crippen LogP contribution in [0.5, 0.6) is 11.5 Å². The van der Waals surface area contributed by atoms with Crippen molar-refractivity contribution < 1.29 is 14.3 Å². The molecule has 25 heavy (non-hydrogen) atoms. The summed E-state index contributed by atoms with van der Waals surface area (Å²) in [7, 11) is 0. The molecular formula is C18H22N4O3. The van der Waals surface area contributed by atoms with Crippen LogP contribution in [0, 0.1) is 0 Å². The molecule has 7 nitrogen and oxygen atoms in total. The van der Waals surface area contributed by atoms with E-state index in [-0.39, 0.29) is 11.9 Å². The molecule has 2 aromatic rings. The van der Waals surface area contributed by atoms with Crippen LogP contribution in [0.15, 0.2) is 36.7 Å². The average molecular weight is 342 g/mol. The number of fused-ring (bicyclic) bond motifs is 1. The predicted octanol–water partition coefficient (Wildman–Crippen LogP) is 1.39. The second-order valence-electron chi connectivity index (χ2n) is 6.53. The van der Waals surface area contributed by atoms with E-state index in [1.165, 1.54) is 0 Å².